The van der Waals surface area contributed by atoms with Gasteiger partial charge in [0.1, 0.15) is 11.5 Å². The van der Waals surface area contributed by atoms with E-state index in [2.05, 4.69) is 11.4 Å². The van der Waals surface area contributed by atoms with E-state index in [1.165, 1.54) is 25.3 Å². The van der Waals surface area contributed by atoms with E-state index in [0.717, 1.165) is 11.1 Å². The molecule has 0 fully saturated rings. The highest BCUT2D eigenvalue weighted by Gasteiger charge is 2.18. The number of ether oxygens (including phenoxy) is 2. The zero-order chi connectivity index (χ0) is 22.4. The lowest BCUT2D eigenvalue weighted by Gasteiger charge is -2.16. The number of hydrogen-bond donors (Lipinski definition) is 1. The summed E-state index contributed by atoms with van der Waals surface area (Å²) in [5.41, 5.74) is 2.67. The van der Waals surface area contributed by atoms with Gasteiger partial charge in [0.05, 0.1) is 35.4 Å². The van der Waals surface area contributed by atoms with Gasteiger partial charge in [-0.05, 0) is 48.4 Å². The summed E-state index contributed by atoms with van der Waals surface area (Å²) >= 11 is 0. The average Bonchev–Trinajstić information content (AvgIpc) is 2.79. The van der Waals surface area contributed by atoms with Crippen LogP contribution in [0.4, 0.5) is 11.4 Å². The summed E-state index contributed by atoms with van der Waals surface area (Å²) in [7, 11) is 1.37. The van der Waals surface area contributed by atoms with Gasteiger partial charge in [-0.15, -0.1) is 0 Å². The fourth-order valence-electron chi connectivity index (χ4n) is 2.85. The maximum absolute atomic E-state index is 12.5. The fraction of sp³-hybridized carbons (Fsp3) is 0.130. The Balaban J connectivity index is 1.65. The first-order valence-corrected chi connectivity index (χ1v) is 9.32. The molecule has 31 heavy (non-hydrogen) atoms. The third kappa shape index (κ3) is 5.16. The Bertz CT molecular complexity index is 1140. The molecular formula is C23H19N3O5. The number of carbonyl (C=O) groups excluding carboxylic acids is 1. The molecule has 0 saturated heterocycles. The molecule has 0 bridgehead atoms. The van der Waals surface area contributed by atoms with E-state index in [1.807, 2.05) is 24.3 Å². The van der Waals surface area contributed by atoms with Gasteiger partial charge in [0.15, 0.2) is 6.10 Å². The van der Waals surface area contributed by atoms with E-state index >= 15 is 0 Å². The highest BCUT2D eigenvalue weighted by molar-refractivity contribution is 5.95. The van der Waals surface area contributed by atoms with Gasteiger partial charge in [-0.25, -0.2) is 0 Å². The van der Waals surface area contributed by atoms with Crippen molar-refractivity contribution in [3.05, 3.63) is 82.4 Å². The average molecular weight is 417 g/mol. The van der Waals surface area contributed by atoms with Gasteiger partial charge in [0.2, 0.25) is 0 Å². The van der Waals surface area contributed by atoms with Crippen molar-refractivity contribution in [3.63, 3.8) is 0 Å². The second kappa shape index (κ2) is 9.41. The predicted molar refractivity (Wildman–Crippen MR) is 115 cm³/mol. The topological polar surface area (TPSA) is 114 Å². The number of amides is 1. The third-order valence-corrected chi connectivity index (χ3v) is 4.54. The smallest absolute Gasteiger partial charge is 0.273 e. The maximum Gasteiger partial charge on any atom is 0.273 e. The largest absolute Gasteiger partial charge is 0.494 e. The molecule has 8 nitrogen and oxygen atoms in total. The Labute approximate surface area is 178 Å². The molecule has 0 aliphatic rings. The van der Waals surface area contributed by atoms with E-state index in [-0.39, 0.29) is 11.4 Å². The van der Waals surface area contributed by atoms with E-state index in [1.54, 1.807) is 31.2 Å². The van der Waals surface area contributed by atoms with Gasteiger partial charge >= 0.3 is 0 Å². The summed E-state index contributed by atoms with van der Waals surface area (Å²) in [5.74, 6) is 0.264. The number of nitrogens with one attached hydrogen (secondary N) is 1. The van der Waals surface area contributed by atoms with Crippen molar-refractivity contribution in [1.82, 2.24) is 0 Å². The molecule has 8 heteroatoms. The second-order valence-corrected chi connectivity index (χ2v) is 6.60. The molecule has 0 spiro atoms. The first-order chi connectivity index (χ1) is 14.9. The monoisotopic (exact) mass is 417 g/mol. The minimum absolute atomic E-state index is 0.137. The van der Waals surface area contributed by atoms with Gasteiger partial charge < -0.3 is 14.8 Å². The number of methoxy groups -OCH3 is 1. The zero-order valence-corrected chi connectivity index (χ0v) is 16.9. The van der Waals surface area contributed by atoms with Crippen molar-refractivity contribution in [2.45, 2.75) is 13.0 Å². The molecule has 3 aromatic rings. The van der Waals surface area contributed by atoms with Gasteiger partial charge in [-0.3, -0.25) is 14.9 Å². The van der Waals surface area contributed by atoms with Crippen LogP contribution in [0.5, 0.6) is 11.5 Å². The minimum Gasteiger partial charge on any atom is -0.494 e. The standard InChI is InChI=1S/C23H19N3O5/c1-15(23(27)25-21-12-9-19(26(28)29)13-22(21)30-2)31-20-10-7-18(8-11-20)17-5-3-16(14-24)4-6-17/h3-13,15H,1-2H3,(H,25,27)/t15-/m0/s1. The summed E-state index contributed by atoms with van der Waals surface area (Å²) in [6.07, 6.45) is -0.819. The van der Waals surface area contributed by atoms with Crippen molar-refractivity contribution in [2.75, 3.05) is 12.4 Å². The Hall–Kier alpha value is -4.38. The number of nitriles is 1. The Morgan fingerprint density at radius 3 is 2.23 bits per heavy atom. The third-order valence-electron chi connectivity index (χ3n) is 4.54. The summed E-state index contributed by atoms with van der Waals surface area (Å²) in [5, 5.41) is 22.4. The Morgan fingerprint density at radius 1 is 1.06 bits per heavy atom. The van der Waals surface area contributed by atoms with Gasteiger partial charge in [0.25, 0.3) is 11.6 Å². The molecule has 0 aliphatic carbocycles. The highest BCUT2D eigenvalue weighted by Crippen LogP contribution is 2.29. The molecule has 1 N–H and O–H groups in total. The van der Waals surface area contributed by atoms with Crippen molar-refractivity contribution in [3.8, 4) is 28.7 Å². The van der Waals surface area contributed by atoms with Gasteiger partial charge in [-0.2, -0.15) is 5.26 Å². The normalized spacial score (nSPS) is 11.1. The lowest BCUT2D eigenvalue weighted by Crippen LogP contribution is -2.30. The van der Waals surface area contributed by atoms with E-state index in [4.69, 9.17) is 14.7 Å². The summed E-state index contributed by atoms with van der Waals surface area (Å²) in [4.78, 5) is 22.8. The quantitative estimate of drug-likeness (QED) is 0.446. The highest BCUT2D eigenvalue weighted by atomic mass is 16.6. The molecule has 156 valence electrons. The molecule has 3 rings (SSSR count). The number of nitro benzene ring substituents is 1. The van der Waals surface area contributed by atoms with Gasteiger partial charge in [0, 0.05) is 6.07 Å². The van der Waals surface area contributed by atoms with Gasteiger partial charge in [-0.1, -0.05) is 24.3 Å². The summed E-state index contributed by atoms with van der Waals surface area (Å²) < 4.78 is 10.8. The number of anilines is 1. The molecule has 0 aromatic heterocycles. The molecule has 0 unspecified atom stereocenters. The molecule has 0 aliphatic heterocycles. The van der Waals surface area contributed by atoms with Crippen molar-refractivity contribution in [1.29, 1.82) is 5.26 Å². The second-order valence-electron chi connectivity index (χ2n) is 6.60. The van der Waals surface area contributed by atoms with Crippen LogP contribution in [-0.4, -0.2) is 24.0 Å². The number of hydrogen-bond acceptors (Lipinski definition) is 6. The first kappa shape index (κ1) is 21.3. The molecular weight excluding hydrogens is 398 g/mol. The minimum atomic E-state index is -0.819. The van der Waals surface area contributed by atoms with Crippen LogP contribution in [0.2, 0.25) is 0 Å². The van der Waals surface area contributed by atoms with Crippen LogP contribution >= 0.6 is 0 Å². The van der Waals surface area contributed by atoms with Crippen LogP contribution in [0.25, 0.3) is 11.1 Å². The number of non-ortho nitro benzene ring substituents is 1. The number of nitrogens with zero attached hydrogens (tertiary/aromatic N) is 2. The van der Waals surface area contributed by atoms with Crippen LogP contribution in [-0.2, 0) is 4.79 Å². The van der Waals surface area contributed by atoms with Crippen molar-refractivity contribution in [2.24, 2.45) is 0 Å². The van der Waals surface area contributed by atoms with Crippen LogP contribution in [0.15, 0.2) is 66.7 Å². The molecule has 1 atom stereocenters. The Morgan fingerprint density at radius 2 is 1.68 bits per heavy atom. The first-order valence-electron chi connectivity index (χ1n) is 9.32. The molecule has 3 aromatic carbocycles. The summed E-state index contributed by atoms with van der Waals surface area (Å²) in [6.45, 7) is 1.60. The number of rotatable bonds is 7. The van der Waals surface area contributed by atoms with E-state index < -0.39 is 16.9 Å². The zero-order valence-electron chi connectivity index (χ0n) is 16.9. The predicted octanol–water partition coefficient (Wildman–Crippen LogP) is 4.55. The maximum atomic E-state index is 12.5. The van der Waals surface area contributed by atoms with E-state index in [9.17, 15) is 14.9 Å². The van der Waals surface area contributed by atoms with Crippen LogP contribution < -0.4 is 14.8 Å². The fourth-order valence-corrected chi connectivity index (χ4v) is 2.85. The van der Waals surface area contributed by atoms with Crippen LogP contribution in [0.3, 0.4) is 0 Å². The lowest BCUT2D eigenvalue weighted by molar-refractivity contribution is -0.384. The molecule has 0 heterocycles. The number of nitro groups is 1. The van der Waals surface area contributed by atoms with E-state index in [0.29, 0.717) is 17.0 Å². The SMILES string of the molecule is COc1cc([N+](=O)[O-])ccc1NC(=O)[C@H](C)Oc1ccc(-c2ccc(C#N)cc2)cc1. The molecule has 0 saturated carbocycles. The lowest BCUT2D eigenvalue weighted by atomic mass is 10.0. The van der Waals surface area contributed by atoms with Crippen LogP contribution in [0, 0.1) is 21.4 Å². The van der Waals surface area contributed by atoms with Crippen molar-refractivity contribution >= 4 is 17.3 Å². The molecule has 1 amide bonds. The van der Waals surface area contributed by atoms with Crippen molar-refractivity contribution < 1.29 is 19.2 Å². The Kier molecular flexibility index (Phi) is 6.48. The van der Waals surface area contributed by atoms with Crippen LogP contribution in [0.1, 0.15) is 12.5 Å². The number of carbonyl (C=O) groups is 1. The summed E-state index contributed by atoms with van der Waals surface area (Å²) in [6, 6.07) is 20.5. The number of benzene rings is 3. The molecule has 0 radical (unpaired) electrons.